The van der Waals surface area contributed by atoms with E-state index in [9.17, 15) is 0 Å². The van der Waals surface area contributed by atoms with E-state index in [0.717, 1.165) is 6.42 Å². The Balaban J connectivity index is 1.61. The molecule has 1 N–H and O–H groups in total. The normalized spacial score (nSPS) is 12.2. The third-order valence-corrected chi connectivity index (χ3v) is 3.87. The van der Waals surface area contributed by atoms with E-state index in [4.69, 9.17) is 0 Å². The lowest BCUT2D eigenvalue weighted by molar-refractivity contribution is 0.501. The van der Waals surface area contributed by atoms with E-state index in [1.807, 2.05) is 44.0 Å². The van der Waals surface area contributed by atoms with Crippen molar-refractivity contribution in [1.82, 2.24) is 15.3 Å². The Hall–Kier alpha value is -1.74. The van der Waals surface area contributed by atoms with Gasteiger partial charge in [-0.3, -0.25) is 9.97 Å². The van der Waals surface area contributed by atoms with E-state index in [1.165, 1.54) is 43.2 Å². The fraction of sp³-hybridized carbons (Fsp3) is 0.444. The summed E-state index contributed by atoms with van der Waals surface area (Å²) in [6.07, 6.45) is 15.0. The number of pyridine rings is 2. The van der Waals surface area contributed by atoms with Crippen LogP contribution in [-0.4, -0.2) is 17.0 Å². The minimum absolute atomic E-state index is 0.428. The molecule has 0 saturated heterocycles. The van der Waals surface area contributed by atoms with Crippen molar-refractivity contribution in [3.05, 3.63) is 60.2 Å². The van der Waals surface area contributed by atoms with Crippen LogP contribution in [0, 0.1) is 0 Å². The summed E-state index contributed by atoms with van der Waals surface area (Å²) in [5.41, 5.74) is 2.64. The predicted molar refractivity (Wildman–Crippen MR) is 87.1 cm³/mol. The zero-order valence-electron chi connectivity index (χ0n) is 12.8. The number of hydrogen-bond acceptors (Lipinski definition) is 3. The summed E-state index contributed by atoms with van der Waals surface area (Å²) < 4.78 is 0. The first kappa shape index (κ1) is 15.6. The molecule has 112 valence electrons. The van der Waals surface area contributed by atoms with Crippen molar-refractivity contribution in [2.45, 2.75) is 44.6 Å². The highest BCUT2D eigenvalue weighted by Gasteiger charge is 2.08. The van der Waals surface area contributed by atoms with Crippen molar-refractivity contribution in [3.8, 4) is 0 Å². The van der Waals surface area contributed by atoms with Gasteiger partial charge in [-0.2, -0.15) is 0 Å². The molecule has 1 unspecified atom stereocenters. The highest BCUT2D eigenvalue weighted by molar-refractivity contribution is 5.13. The van der Waals surface area contributed by atoms with Crippen molar-refractivity contribution >= 4 is 0 Å². The Bertz CT molecular complexity index is 484. The first-order valence-electron chi connectivity index (χ1n) is 7.86. The fourth-order valence-electron chi connectivity index (χ4n) is 2.64. The Morgan fingerprint density at radius 1 is 0.952 bits per heavy atom. The summed E-state index contributed by atoms with van der Waals surface area (Å²) in [4.78, 5) is 8.35. The third-order valence-electron chi connectivity index (χ3n) is 3.87. The molecular weight excluding hydrogens is 258 g/mol. The molecule has 0 amide bonds. The van der Waals surface area contributed by atoms with Gasteiger partial charge >= 0.3 is 0 Å². The average molecular weight is 283 g/mol. The standard InChI is InChI=1S/C18H25N3/c1-19-18(17-10-7-13-21-15-17)11-5-3-2-4-8-16-9-6-12-20-14-16/h6-7,9-10,12-15,18-19H,2-5,8,11H2,1H3. The first-order chi connectivity index (χ1) is 10.4. The number of hydrogen-bond donors (Lipinski definition) is 1. The summed E-state index contributed by atoms with van der Waals surface area (Å²) in [6.45, 7) is 0. The molecule has 2 aromatic heterocycles. The molecule has 0 spiro atoms. The number of aryl methyl sites for hydroxylation is 1. The second kappa shape index (κ2) is 9.24. The van der Waals surface area contributed by atoms with Crippen LogP contribution in [0.15, 0.2) is 49.1 Å². The lowest BCUT2D eigenvalue weighted by atomic mass is 10.0. The molecule has 0 aliphatic heterocycles. The molecule has 3 nitrogen and oxygen atoms in total. The molecule has 2 aromatic rings. The van der Waals surface area contributed by atoms with Crippen molar-refractivity contribution in [1.29, 1.82) is 0 Å². The second-order valence-corrected chi connectivity index (χ2v) is 5.44. The first-order valence-corrected chi connectivity index (χ1v) is 7.86. The molecule has 0 aliphatic rings. The van der Waals surface area contributed by atoms with E-state index in [0.29, 0.717) is 6.04 Å². The maximum atomic E-state index is 4.20. The van der Waals surface area contributed by atoms with Gasteiger partial charge in [-0.15, -0.1) is 0 Å². The van der Waals surface area contributed by atoms with Crippen LogP contribution in [0.25, 0.3) is 0 Å². The van der Waals surface area contributed by atoms with Gasteiger partial charge in [0.25, 0.3) is 0 Å². The summed E-state index contributed by atoms with van der Waals surface area (Å²) in [7, 11) is 2.03. The van der Waals surface area contributed by atoms with Gasteiger partial charge in [0, 0.05) is 30.8 Å². The van der Waals surface area contributed by atoms with E-state index in [1.54, 1.807) is 0 Å². The van der Waals surface area contributed by atoms with Gasteiger partial charge in [-0.25, -0.2) is 0 Å². The molecule has 0 aliphatic carbocycles. The molecular formula is C18H25N3. The minimum Gasteiger partial charge on any atom is -0.313 e. The van der Waals surface area contributed by atoms with E-state index in [2.05, 4.69) is 27.4 Å². The van der Waals surface area contributed by atoms with Gasteiger partial charge < -0.3 is 5.32 Å². The van der Waals surface area contributed by atoms with Crippen LogP contribution < -0.4 is 5.32 Å². The Kier molecular flexibility index (Phi) is 6.89. The molecule has 0 aromatic carbocycles. The molecule has 3 heteroatoms. The van der Waals surface area contributed by atoms with Gasteiger partial charge in [0.1, 0.15) is 0 Å². The SMILES string of the molecule is CNC(CCCCCCc1cccnc1)c1cccnc1. The Morgan fingerprint density at radius 3 is 2.38 bits per heavy atom. The molecule has 0 saturated carbocycles. The van der Waals surface area contributed by atoms with Crippen LogP contribution in [0.2, 0.25) is 0 Å². The fourth-order valence-corrected chi connectivity index (χ4v) is 2.64. The Morgan fingerprint density at radius 2 is 1.71 bits per heavy atom. The molecule has 0 bridgehead atoms. The maximum absolute atomic E-state index is 4.20. The van der Waals surface area contributed by atoms with Crippen molar-refractivity contribution in [3.63, 3.8) is 0 Å². The summed E-state index contributed by atoms with van der Waals surface area (Å²) in [6, 6.07) is 8.76. The topological polar surface area (TPSA) is 37.8 Å². The van der Waals surface area contributed by atoms with Crippen LogP contribution in [0.1, 0.15) is 49.3 Å². The lowest BCUT2D eigenvalue weighted by Crippen LogP contribution is -2.16. The molecule has 2 rings (SSSR count). The molecule has 21 heavy (non-hydrogen) atoms. The van der Waals surface area contributed by atoms with Gasteiger partial charge in [-0.05, 0) is 49.6 Å². The van der Waals surface area contributed by atoms with Gasteiger partial charge in [0.05, 0.1) is 0 Å². The summed E-state index contributed by atoms with van der Waals surface area (Å²) >= 11 is 0. The number of nitrogens with zero attached hydrogens (tertiary/aromatic N) is 2. The molecule has 0 radical (unpaired) electrons. The molecule has 0 fully saturated rings. The third kappa shape index (κ3) is 5.64. The zero-order chi connectivity index (χ0) is 14.8. The highest BCUT2D eigenvalue weighted by Crippen LogP contribution is 2.19. The molecule has 1 atom stereocenters. The van der Waals surface area contributed by atoms with Gasteiger partial charge in [0.2, 0.25) is 0 Å². The summed E-state index contributed by atoms with van der Waals surface area (Å²) in [5.74, 6) is 0. The molecule has 2 heterocycles. The largest absolute Gasteiger partial charge is 0.313 e. The predicted octanol–water partition coefficient (Wildman–Crippen LogP) is 3.93. The number of aromatic nitrogens is 2. The number of unbranched alkanes of at least 4 members (excludes halogenated alkanes) is 3. The van der Waals surface area contributed by atoms with E-state index >= 15 is 0 Å². The monoisotopic (exact) mass is 283 g/mol. The van der Waals surface area contributed by atoms with Gasteiger partial charge in [0.15, 0.2) is 0 Å². The second-order valence-electron chi connectivity index (χ2n) is 5.44. The van der Waals surface area contributed by atoms with Crippen molar-refractivity contribution in [2.24, 2.45) is 0 Å². The minimum atomic E-state index is 0.428. The smallest absolute Gasteiger partial charge is 0.0332 e. The quantitative estimate of drug-likeness (QED) is 0.709. The van der Waals surface area contributed by atoms with Crippen LogP contribution in [0.4, 0.5) is 0 Å². The summed E-state index contributed by atoms with van der Waals surface area (Å²) in [5, 5.41) is 3.39. The van der Waals surface area contributed by atoms with Crippen molar-refractivity contribution < 1.29 is 0 Å². The number of rotatable bonds is 9. The maximum Gasteiger partial charge on any atom is 0.0332 e. The Labute approximate surface area is 127 Å². The van der Waals surface area contributed by atoms with E-state index in [-0.39, 0.29) is 0 Å². The van der Waals surface area contributed by atoms with Crippen molar-refractivity contribution in [2.75, 3.05) is 7.05 Å². The average Bonchev–Trinajstić information content (AvgIpc) is 2.56. The van der Waals surface area contributed by atoms with E-state index < -0.39 is 0 Å². The van der Waals surface area contributed by atoms with Crippen LogP contribution >= 0.6 is 0 Å². The zero-order valence-corrected chi connectivity index (χ0v) is 12.8. The van der Waals surface area contributed by atoms with Gasteiger partial charge in [-0.1, -0.05) is 31.4 Å². The van der Waals surface area contributed by atoms with Crippen LogP contribution in [0.5, 0.6) is 0 Å². The highest BCUT2D eigenvalue weighted by atomic mass is 14.9. The van der Waals surface area contributed by atoms with Crippen LogP contribution in [0.3, 0.4) is 0 Å². The number of nitrogens with one attached hydrogen (secondary N) is 1. The van der Waals surface area contributed by atoms with Crippen LogP contribution in [-0.2, 0) is 6.42 Å². The lowest BCUT2D eigenvalue weighted by Gasteiger charge is -2.15.